The topological polar surface area (TPSA) is 85.7 Å². The van der Waals surface area contributed by atoms with Gasteiger partial charge in [0.25, 0.3) is 0 Å². The summed E-state index contributed by atoms with van der Waals surface area (Å²) in [6.45, 7) is 3.47. The van der Waals surface area contributed by atoms with Crippen molar-refractivity contribution < 1.29 is 21.0 Å². The van der Waals surface area contributed by atoms with Crippen LogP contribution in [0.1, 0.15) is 31.2 Å². The van der Waals surface area contributed by atoms with Gasteiger partial charge in [0.05, 0.1) is 11.3 Å². The lowest BCUT2D eigenvalue weighted by Gasteiger charge is -2.28. The fourth-order valence-corrected chi connectivity index (χ4v) is 5.99. The highest BCUT2D eigenvalue weighted by Gasteiger charge is 2.26. The third kappa shape index (κ3) is 4.35. The molecular weight excluding hydrogens is 436 g/mol. The molecule has 4 rings (SSSR count). The van der Waals surface area contributed by atoms with Gasteiger partial charge in [-0.25, -0.2) is 12.4 Å². The summed E-state index contributed by atoms with van der Waals surface area (Å²) < 4.78 is 57.4. The highest BCUT2D eigenvalue weighted by molar-refractivity contribution is 7.90. The minimum absolute atomic E-state index is 0.0235. The molecule has 1 fully saturated rings. The van der Waals surface area contributed by atoms with E-state index in [9.17, 15) is 16.8 Å². The zero-order chi connectivity index (χ0) is 22.2. The zero-order valence-electron chi connectivity index (χ0n) is 17.6. The summed E-state index contributed by atoms with van der Waals surface area (Å²) in [6.07, 6.45) is 3.53. The summed E-state index contributed by atoms with van der Waals surface area (Å²) in [5.41, 5.74) is 1.46. The molecule has 1 aromatic heterocycles. The largest absolute Gasteiger partial charge is 0.379 e. The van der Waals surface area contributed by atoms with Crippen molar-refractivity contribution in [2.24, 2.45) is 0 Å². The van der Waals surface area contributed by atoms with Gasteiger partial charge in [0.15, 0.2) is 0 Å². The molecule has 0 amide bonds. The van der Waals surface area contributed by atoms with Crippen LogP contribution >= 0.6 is 0 Å². The molecule has 2 aromatic carbocycles. The van der Waals surface area contributed by atoms with Crippen LogP contribution in [0.2, 0.25) is 0 Å². The Morgan fingerprint density at radius 1 is 1.00 bits per heavy atom. The van der Waals surface area contributed by atoms with Crippen LogP contribution in [0.4, 0.5) is 0 Å². The minimum Gasteiger partial charge on any atom is -0.379 e. The van der Waals surface area contributed by atoms with Crippen LogP contribution in [-0.2, 0) is 20.1 Å². The number of hydrogen-bond donors (Lipinski definition) is 0. The van der Waals surface area contributed by atoms with Crippen molar-refractivity contribution in [3.63, 3.8) is 0 Å². The monoisotopic (exact) mass is 462 g/mol. The second-order valence-corrected chi connectivity index (χ2v) is 11.6. The highest BCUT2D eigenvalue weighted by atomic mass is 32.2. The lowest BCUT2D eigenvalue weighted by Crippen LogP contribution is -2.29. The number of nitrogens with zero attached hydrogens (tertiary/aromatic N) is 2. The number of hydrogen-bond acceptors (Lipinski definition) is 6. The molecule has 7 nitrogen and oxygen atoms in total. The predicted molar refractivity (Wildman–Crippen MR) is 121 cm³/mol. The molecule has 0 N–H and O–H groups in total. The Morgan fingerprint density at radius 3 is 2.32 bits per heavy atom. The number of aromatic nitrogens is 1. The van der Waals surface area contributed by atoms with Crippen LogP contribution < -0.4 is 4.18 Å². The Balaban J connectivity index is 1.79. The van der Waals surface area contributed by atoms with E-state index >= 15 is 0 Å². The van der Waals surface area contributed by atoms with Crippen molar-refractivity contribution in [2.75, 3.05) is 25.9 Å². The molecule has 0 radical (unpaired) electrons. The first-order chi connectivity index (χ1) is 14.7. The molecule has 1 saturated heterocycles. The van der Waals surface area contributed by atoms with Crippen molar-refractivity contribution in [1.82, 2.24) is 8.87 Å². The van der Waals surface area contributed by atoms with Crippen LogP contribution in [0.5, 0.6) is 5.75 Å². The summed E-state index contributed by atoms with van der Waals surface area (Å²) in [5, 5.41) is 0.715. The lowest BCUT2D eigenvalue weighted by atomic mass is 9.89. The van der Waals surface area contributed by atoms with E-state index in [1.165, 1.54) is 22.2 Å². The minimum atomic E-state index is -3.98. The number of likely N-dealkylation sites (tertiary alicyclic amines) is 1. The number of fused-ring (bicyclic) bond motifs is 1. The van der Waals surface area contributed by atoms with Crippen molar-refractivity contribution >= 4 is 31.0 Å². The fraction of sp³-hybridized carbons (Fsp3) is 0.364. The molecule has 1 aliphatic rings. The Morgan fingerprint density at radius 2 is 1.68 bits per heavy atom. The van der Waals surface area contributed by atoms with E-state index < -0.39 is 20.1 Å². The standard InChI is InChI=1S/C22H26N2O5S2/c1-3-30(25,26)24-16-21(17-11-13-23(2)14-12-17)20-15-18(9-10-22(20)24)29-31(27,28)19-7-5-4-6-8-19/h4-10,15-17H,3,11-14H2,1-2H3. The number of benzene rings is 2. The van der Waals surface area contributed by atoms with Gasteiger partial charge in [-0.1, -0.05) is 18.2 Å². The maximum atomic E-state index is 12.7. The second-order valence-electron chi connectivity index (χ2n) is 7.89. The van der Waals surface area contributed by atoms with Gasteiger partial charge in [0, 0.05) is 11.6 Å². The summed E-state index contributed by atoms with van der Waals surface area (Å²) in [5.74, 6) is 0.342. The first-order valence-electron chi connectivity index (χ1n) is 10.3. The number of piperidine rings is 1. The van der Waals surface area contributed by atoms with Gasteiger partial charge in [0.1, 0.15) is 10.6 Å². The normalized spacial score (nSPS) is 16.6. The van der Waals surface area contributed by atoms with Gasteiger partial charge in [-0.2, -0.15) is 8.42 Å². The first kappa shape index (κ1) is 21.9. The maximum Gasteiger partial charge on any atom is 0.339 e. The second kappa shape index (κ2) is 8.29. The van der Waals surface area contributed by atoms with Gasteiger partial charge >= 0.3 is 10.1 Å². The summed E-state index contributed by atoms with van der Waals surface area (Å²) in [6, 6.07) is 12.7. The highest BCUT2D eigenvalue weighted by Crippen LogP contribution is 2.37. The van der Waals surface area contributed by atoms with Crippen molar-refractivity contribution in [3.8, 4) is 5.75 Å². The van der Waals surface area contributed by atoms with E-state index in [2.05, 4.69) is 11.9 Å². The molecule has 9 heteroatoms. The van der Waals surface area contributed by atoms with E-state index in [1.54, 1.807) is 43.5 Å². The Kier molecular flexibility index (Phi) is 5.85. The van der Waals surface area contributed by atoms with Gasteiger partial charge in [-0.05, 0) is 81.7 Å². The van der Waals surface area contributed by atoms with E-state index in [0.29, 0.717) is 10.9 Å². The third-order valence-corrected chi connectivity index (χ3v) is 8.73. The van der Waals surface area contributed by atoms with E-state index in [4.69, 9.17) is 4.18 Å². The molecule has 0 unspecified atom stereocenters. The first-order valence-corrected chi connectivity index (χ1v) is 13.3. The Labute approximate surface area is 183 Å². The smallest absolute Gasteiger partial charge is 0.339 e. The van der Waals surface area contributed by atoms with E-state index in [-0.39, 0.29) is 22.3 Å². The predicted octanol–water partition coefficient (Wildman–Crippen LogP) is 3.42. The quantitative estimate of drug-likeness (QED) is 0.522. The van der Waals surface area contributed by atoms with Crippen molar-refractivity contribution in [1.29, 1.82) is 0 Å². The molecule has 0 bridgehead atoms. The summed E-state index contributed by atoms with van der Waals surface area (Å²) in [4.78, 5) is 2.32. The number of rotatable bonds is 6. The molecule has 31 heavy (non-hydrogen) atoms. The molecule has 0 saturated carbocycles. The van der Waals surface area contributed by atoms with Gasteiger partial charge in [0.2, 0.25) is 10.0 Å². The molecule has 0 atom stereocenters. The Bertz CT molecular complexity index is 1290. The molecule has 3 aromatic rings. The maximum absolute atomic E-state index is 12.7. The average Bonchev–Trinajstić information content (AvgIpc) is 3.14. The molecule has 0 spiro atoms. The fourth-order valence-electron chi connectivity index (χ4n) is 4.03. The van der Waals surface area contributed by atoms with Gasteiger partial charge in [-0.15, -0.1) is 0 Å². The summed E-state index contributed by atoms with van der Waals surface area (Å²) >= 11 is 0. The summed E-state index contributed by atoms with van der Waals surface area (Å²) in [7, 11) is -5.41. The van der Waals surface area contributed by atoms with Gasteiger partial charge in [-0.3, -0.25) is 0 Å². The van der Waals surface area contributed by atoms with Crippen LogP contribution in [-0.4, -0.2) is 51.6 Å². The van der Waals surface area contributed by atoms with E-state index in [1.807, 2.05) is 0 Å². The average molecular weight is 463 g/mol. The SMILES string of the molecule is CCS(=O)(=O)n1cc(C2CCN(C)CC2)c2cc(OS(=O)(=O)c3ccccc3)ccc21. The van der Waals surface area contributed by atoms with Crippen LogP contribution in [0, 0.1) is 0 Å². The zero-order valence-corrected chi connectivity index (χ0v) is 19.2. The Hall–Kier alpha value is -2.36. The van der Waals surface area contributed by atoms with Crippen molar-refractivity contribution in [2.45, 2.75) is 30.6 Å². The lowest BCUT2D eigenvalue weighted by molar-refractivity contribution is 0.256. The molecule has 1 aliphatic heterocycles. The van der Waals surface area contributed by atoms with Gasteiger partial charge < -0.3 is 9.08 Å². The third-order valence-electron chi connectivity index (χ3n) is 5.83. The van der Waals surface area contributed by atoms with E-state index in [0.717, 1.165) is 31.5 Å². The molecule has 166 valence electrons. The molecule has 2 heterocycles. The molecular formula is C22H26N2O5S2. The molecule has 0 aliphatic carbocycles. The van der Waals surface area contributed by atoms with Crippen LogP contribution in [0.3, 0.4) is 0 Å². The van der Waals surface area contributed by atoms with Crippen LogP contribution in [0.15, 0.2) is 59.6 Å². The van der Waals surface area contributed by atoms with Crippen LogP contribution in [0.25, 0.3) is 10.9 Å². The van der Waals surface area contributed by atoms with Crippen molar-refractivity contribution in [3.05, 3.63) is 60.3 Å².